The van der Waals surface area contributed by atoms with Crippen molar-refractivity contribution >= 4 is 0 Å². The lowest BCUT2D eigenvalue weighted by Gasteiger charge is -2.25. The predicted octanol–water partition coefficient (Wildman–Crippen LogP) is 2.38. The van der Waals surface area contributed by atoms with Crippen LogP contribution < -0.4 is 5.73 Å². The van der Waals surface area contributed by atoms with E-state index in [0.717, 1.165) is 18.5 Å². The van der Waals surface area contributed by atoms with Crippen LogP contribution >= 0.6 is 0 Å². The quantitative estimate of drug-likeness (QED) is 0.666. The average molecular weight is 210 g/mol. The lowest BCUT2D eigenvalue weighted by Crippen LogP contribution is -2.39. The molecule has 1 atom stereocenters. The summed E-state index contributed by atoms with van der Waals surface area (Å²) in [6.45, 7) is 4.74. The minimum absolute atomic E-state index is 0.421. The monoisotopic (exact) mass is 210 g/mol. The molecule has 15 heavy (non-hydrogen) atoms. The minimum Gasteiger partial charge on any atom is -0.327 e. The highest BCUT2D eigenvalue weighted by Gasteiger charge is 2.33. The van der Waals surface area contributed by atoms with Crippen molar-refractivity contribution in [3.8, 4) is 0 Å². The van der Waals surface area contributed by atoms with Gasteiger partial charge in [-0.1, -0.05) is 19.8 Å². The van der Waals surface area contributed by atoms with E-state index in [4.69, 9.17) is 5.73 Å². The smallest absolute Gasteiger partial charge is 0.0167 e. The summed E-state index contributed by atoms with van der Waals surface area (Å²) in [6, 6.07) is 1.32. The van der Waals surface area contributed by atoms with Crippen LogP contribution in [0.15, 0.2) is 0 Å². The number of unbranched alkanes of at least 4 members (excludes halogenated alkanes) is 1. The van der Waals surface area contributed by atoms with E-state index in [-0.39, 0.29) is 0 Å². The summed E-state index contributed by atoms with van der Waals surface area (Å²) in [5, 5.41) is 0. The number of nitrogens with two attached hydrogens (primary N) is 1. The van der Waals surface area contributed by atoms with Crippen molar-refractivity contribution in [2.75, 3.05) is 13.1 Å². The summed E-state index contributed by atoms with van der Waals surface area (Å²) < 4.78 is 0. The van der Waals surface area contributed by atoms with Crippen molar-refractivity contribution in [1.82, 2.24) is 4.90 Å². The molecule has 2 fully saturated rings. The summed E-state index contributed by atoms with van der Waals surface area (Å²) >= 11 is 0. The second-order valence-electron chi connectivity index (χ2n) is 5.53. The molecule has 0 aromatic heterocycles. The Morgan fingerprint density at radius 3 is 2.53 bits per heavy atom. The molecule has 0 bridgehead atoms. The fourth-order valence-corrected chi connectivity index (χ4v) is 2.30. The molecule has 2 aliphatic rings. The van der Waals surface area contributed by atoms with Gasteiger partial charge in [0.1, 0.15) is 0 Å². The maximum atomic E-state index is 6.18. The minimum atomic E-state index is 0.421. The van der Waals surface area contributed by atoms with Gasteiger partial charge in [-0.2, -0.15) is 0 Å². The van der Waals surface area contributed by atoms with E-state index >= 15 is 0 Å². The second-order valence-corrected chi connectivity index (χ2v) is 5.53. The molecular weight excluding hydrogens is 184 g/mol. The lowest BCUT2D eigenvalue weighted by molar-refractivity contribution is 0.232. The van der Waals surface area contributed by atoms with Gasteiger partial charge in [0.25, 0.3) is 0 Å². The highest BCUT2D eigenvalue weighted by atomic mass is 15.2. The molecule has 0 saturated heterocycles. The van der Waals surface area contributed by atoms with Gasteiger partial charge in [0.15, 0.2) is 0 Å². The van der Waals surface area contributed by atoms with E-state index in [1.807, 2.05) is 0 Å². The molecule has 2 saturated carbocycles. The van der Waals surface area contributed by atoms with Crippen LogP contribution in [0.2, 0.25) is 0 Å². The van der Waals surface area contributed by atoms with Gasteiger partial charge in [-0.05, 0) is 38.0 Å². The van der Waals surface area contributed by atoms with Crippen molar-refractivity contribution in [3.05, 3.63) is 0 Å². The molecule has 0 amide bonds. The molecule has 0 spiro atoms. The SMILES string of the molecule is CCCCC(N)CN(CC1CC1)C1CC1. The fraction of sp³-hybridized carbons (Fsp3) is 1.00. The van der Waals surface area contributed by atoms with E-state index < -0.39 is 0 Å². The zero-order valence-corrected chi connectivity index (χ0v) is 10.1. The Kier molecular flexibility index (Phi) is 4.04. The van der Waals surface area contributed by atoms with Crippen molar-refractivity contribution in [2.45, 2.75) is 64.0 Å². The molecule has 1 unspecified atom stereocenters. The standard InChI is InChI=1S/C13H26N2/c1-2-3-4-12(14)10-15(13-7-8-13)9-11-5-6-11/h11-13H,2-10,14H2,1H3. The van der Waals surface area contributed by atoms with Gasteiger partial charge in [0.2, 0.25) is 0 Å². The highest BCUT2D eigenvalue weighted by Crippen LogP contribution is 2.34. The third-order valence-electron chi connectivity index (χ3n) is 3.65. The molecule has 0 aliphatic heterocycles. The van der Waals surface area contributed by atoms with Crippen molar-refractivity contribution in [1.29, 1.82) is 0 Å². The third-order valence-corrected chi connectivity index (χ3v) is 3.65. The normalized spacial score (nSPS) is 23.4. The third kappa shape index (κ3) is 4.12. The lowest BCUT2D eigenvalue weighted by atomic mass is 10.1. The van der Waals surface area contributed by atoms with Crippen LogP contribution in [-0.4, -0.2) is 30.1 Å². The summed E-state index contributed by atoms with van der Waals surface area (Å²) in [5.74, 6) is 1.02. The van der Waals surface area contributed by atoms with Crippen LogP contribution in [-0.2, 0) is 0 Å². The van der Waals surface area contributed by atoms with Crippen molar-refractivity contribution in [3.63, 3.8) is 0 Å². The first kappa shape index (κ1) is 11.4. The first-order valence-corrected chi connectivity index (χ1v) is 6.79. The maximum absolute atomic E-state index is 6.18. The van der Waals surface area contributed by atoms with Crippen LogP contribution in [0.4, 0.5) is 0 Å². The Bertz CT molecular complexity index is 185. The number of hydrogen-bond donors (Lipinski definition) is 1. The topological polar surface area (TPSA) is 29.3 Å². The maximum Gasteiger partial charge on any atom is 0.0167 e. The molecule has 88 valence electrons. The van der Waals surface area contributed by atoms with Crippen molar-refractivity contribution < 1.29 is 0 Å². The zero-order chi connectivity index (χ0) is 10.7. The summed E-state index contributed by atoms with van der Waals surface area (Å²) in [4.78, 5) is 2.68. The first-order chi connectivity index (χ1) is 7.29. The predicted molar refractivity (Wildman–Crippen MR) is 64.8 cm³/mol. The molecule has 0 heterocycles. The Hall–Kier alpha value is -0.0800. The highest BCUT2D eigenvalue weighted by molar-refractivity contribution is 4.89. The molecule has 0 aromatic carbocycles. The molecule has 2 heteroatoms. The fourth-order valence-electron chi connectivity index (χ4n) is 2.30. The Morgan fingerprint density at radius 1 is 1.27 bits per heavy atom. The van der Waals surface area contributed by atoms with Crippen molar-refractivity contribution in [2.24, 2.45) is 11.7 Å². The second kappa shape index (κ2) is 5.31. The van der Waals surface area contributed by atoms with Crippen LogP contribution in [0.5, 0.6) is 0 Å². The number of nitrogens with zero attached hydrogens (tertiary/aromatic N) is 1. The molecule has 2 nitrogen and oxygen atoms in total. The van der Waals surface area contributed by atoms with E-state index in [9.17, 15) is 0 Å². The zero-order valence-electron chi connectivity index (χ0n) is 10.1. The molecule has 0 radical (unpaired) electrons. The summed E-state index contributed by atoms with van der Waals surface area (Å²) in [5.41, 5.74) is 6.18. The largest absolute Gasteiger partial charge is 0.327 e. The average Bonchev–Trinajstić information content (AvgIpc) is 3.02. The first-order valence-electron chi connectivity index (χ1n) is 6.79. The van der Waals surface area contributed by atoms with Gasteiger partial charge in [-0.25, -0.2) is 0 Å². The molecular formula is C13H26N2. The Morgan fingerprint density at radius 2 is 2.00 bits per heavy atom. The van der Waals surface area contributed by atoms with E-state index in [2.05, 4.69) is 11.8 Å². The van der Waals surface area contributed by atoms with Crippen LogP contribution in [0.1, 0.15) is 51.9 Å². The van der Waals surface area contributed by atoms with E-state index in [1.165, 1.54) is 51.5 Å². The van der Waals surface area contributed by atoms with Crippen LogP contribution in [0.3, 0.4) is 0 Å². The van der Waals surface area contributed by atoms with Gasteiger partial charge in [0, 0.05) is 25.2 Å². The molecule has 0 aromatic rings. The van der Waals surface area contributed by atoms with Crippen LogP contribution in [0.25, 0.3) is 0 Å². The van der Waals surface area contributed by atoms with E-state index in [1.54, 1.807) is 0 Å². The van der Waals surface area contributed by atoms with Gasteiger partial charge in [-0.15, -0.1) is 0 Å². The van der Waals surface area contributed by atoms with Gasteiger partial charge < -0.3 is 5.73 Å². The summed E-state index contributed by atoms with van der Waals surface area (Å²) in [7, 11) is 0. The molecule has 2 N–H and O–H groups in total. The molecule has 2 rings (SSSR count). The number of hydrogen-bond acceptors (Lipinski definition) is 2. The van der Waals surface area contributed by atoms with Gasteiger partial charge in [-0.3, -0.25) is 4.90 Å². The van der Waals surface area contributed by atoms with E-state index in [0.29, 0.717) is 6.04 Å². The van der Waals surface area contributed by atoms with Gasteiger partial charge >= 0.3 is 0 Å². The Labute approximate surface area is 94.2 Å². The van der Waals surface area contributed by atoms with Crippen LogP contribution in [0, 0.1) is 5.92 Å². The molecule has 2 aliphatic carbocycles. The van der Waals surface area contributed by atoms with Gasteiger partial charge in [0.05, 0.1) is 0 Å². The summed E-state index contributed by atoms with van der Waals surface area (Å²) in [6.07, 6.45) is 9.56. The number of rotatable bonds is 8. The Balaban J connectivity index is 1.67.